The van der Waals surface area contributed by atoms with Gasteiger partial charge < -0.3 is 15.4 Å². The smallest absolute Gasteiger partial charge is 0.405 e. The number of hydrogen-bond donors (Lipinski definition) is 2. The molecule has 1 aliphatic heterocycles. The third-order valence-corrected chi connectivity index (χ3v) is 4.13. The number of hydrogen-bond acceptors (Lipinski definition) is 4. The van der Waals surface area contributed by atoms with Crippen LogP contribution in [0.4, 0.5) is 13.2 Å². The van der Waals surface area contributed by atoms with Crippen molar-refractivity contribution >= 4 is 17.5 Å². The number of ether oxygens (including phenoxy) is 1. The maximum Gasteiger partial charge on any atom is 0.405 e. The predicted octanol–water partition coefficient (Wildman–Crippen LogP) is 2.06. The molecule has 1 saturated heterocycles. The normalized spacial score (nSPS) is 17.1. The highest BCUT2D eigenvalue weighted by molar-refractivity contribution is 6.30. The van der Waals surface area contributed by atoms with Gasteiger partial charge in [0, 0.05) is 37.7 Å². The van der Waals surface area contributed by atoms with Crippen LogP contribution >= 0.6 is 11.6 Å². The maximum atomic E-state index is 13.2. The van der Waals surface area contributed by atoms with E-state index in [2.05, 4.69) is 10.6 Å². The molecule has 1 atom stereocenters. The average molecular weight is 380 g/mol. The first-order valence-electron chi connectivity index (χ1n) is 8.03. The Morgan fingerprint density at radius 2 is 1.92 bits per heavy atom. The van der Waals surface area contributed by atoms with Gasteiger partial charge in [-0.1, -0.05) is 11.6 Å². The number of carbonyl (C=O) groups excluding carboxylic acids is 1. The first kappa shape index (κ1) is 19.8. The van der Waals surface area contributed by atoms with Crippen LogP contribution in [0, 0.1) is 0 Å². The Hall–Kier alpha value is -1.51. The number of rotatable bonds is 7. The van der Waals surface area contributed by atoms with Gasteiger partial charge >= 0.3 is 6.18 Å². The van der Waals surface area contributed by atoms with E-state index in [-0.39, 0.29) is 13.0 Å². The maximum absolute atomic E-state index is 13.2. The molecule has 5 nitrogen and oxygen atoms in total. The monoisotopic (exact) mass is 379 g/mol. The zero-order valence-corrected chi connectivity index (χ0v) is 14.4. The van der Waals surface area contributed by atoms with Gasteiger partial charge in [0.15, 0.2) is 0 Å². The van der Waals surface area contributed by atoms with Crippen molar-refractivity contribution in [1.82, 2.24) is 15.5 Å². The van der Waals surface area contributed by atoms with E-state index in [1.165, 1.54) is 4.90 Å². The minimum absolute atomic E-state index is 0.0191. The van der Waals surface area contributed by atoms with Crippen LogP contribution in [0.2, 0.25) is 5.02 Å². The molecule has 0 aromatic heterocycles. The second-order valence-corrected chi connectivity index (χ2v) is 6.14. The van der Waals surface area contributed by atoms with Crippen molar-refractivity contribution in [3.8, 4) is 5.75 Å². The summed E-state index contributed by atoms with van der Waals surface area (Å²) in [5, 5.41) is 5.94. The number of amides is 1. The first-order chi connectivity index (χ1) is 11.9. The number of nitrogens with one attached hydrogen (secondary N) is 2. The molecule has 140 valence electrons. The van der Waals surface area contributed by atoms with Crippen LogP contribution in [0.25, 0.3) is 0 Å². The lowest BCUT2D eigenvalue weighted by Gasteiger charge is -2.35. The molecule has 1 aromatic rings. The molecule has 1 amide bonds. The number of carbonyl (C=O) groups is 1. The molecule has 1 fully saturated rings. The van der Waals surface area contributed by atoms with Gasteiger partial charge in [-0.3, -0.25) is 9.69 Å². The van der Waals surface area contributed by atoms with Crippen molar-refractivity contribution in [2.45, 2.75) is 18.6 Å². The Morgan fingerprint density at radius 1 is 1.28 bits per heavy atom. The van der Waals surface area contributed by atoms with Gasteiger partial charge in [0.25, 0.3) is 0 Å². The summed E-state index contributed by atoms with van der Waals surface area (Å²) >= 11 is 5.75. The Bertz CT molecular complexity index is 549. The van der Waals surface area contributed by atoms with E-state index in [0.717, 1.165) is 0 Å². The molecular formula is C16H21ClF3N3O2. The molecule has 1 aliphatic rings. The predicted molar refractivity (Wildman–Crippen MR) is 88.9 cm³/mol. The zero-order chi connectivity index (χ0) is 18.3. The molecular weight excluding hydrogens is 359 g/mol. The lowest BCUT2D eigenvalue weighted by molar-refractivity contribution is -0.184. The topological polar surface area (TPSA) is 53.6 Å². The van der Waals surface area contributed by atoms with Crippen molar-refractivity contribution < 1.29 is 22.7 Å². The molecule has 1 aromatic carbocycles. The lowest BCUT2D eigenvalue weighted by atomic mass is 10.2. The van der Waals surface area contributed by atoms with E-state index in [1.54, 1.807) is 24.3 Å². The van der Waals surface area contributed by atoms with Crippen LogP contribution in [0.3, 0.4) is 0 Å². The van der Waals surface area contributed by atoms with Crippen LogP contribution in [0.1, 0.15) is 6.42 Å². The number of halogens is 4. The molecule has 1 unspecified atom stereocenters. The fraction of sp³-hybridized carbons (Fsp3) is 0.562. The largest absolute Gasteiger partial charge is 0.493 e. The highest BCUT2D eigenvalue weighted by Gasteiger charge is 2.43. The van der Waals surface area contributed by atoms with Crippen LogP contribution in [0.15, 0.2) is 24.3 Å². The minimum Gasteiger partial charge on any atom is -0.493 e. The van der Waals surface area contributed by atoms with E-state index in [9.17, 15) is 18.0 Å². The van der Waals surface area contributed by atoms with E-state index < -0.39 is 24.7 Å². The molecule has 9 heteroatoms. The Balaban J connectivity index is 1.75. The summed E-state index contributed by atoms with van der Waals surface area (Å²) < 4.78 is 45.0. The Labute approximate surface area is 149 Å². The van der Waals surface area contributed by atoms with Crippen molar-refractivity contribution in [1.29, 1.82) is 0 Å². The Kier molecular flexibility index (Phi) is 7.34. The van der Waals surface area contributed by atoms with Crippen molar-refractivity contribution in [3.05, 3.63) is 29.3 Å². The van der Waals surface area contributed by atoms with Gasteiger partial charge in [-0.25, -0.2) is 0 Å². The molecule has 2 rings (SSSR count). The van der Waals surface area contributed by atoms with Gasteiger partial charge in [-0.15, -0.1) is 0 Å². The fourth-order valence-corrected chi connectivity index (χ4v) is 2.66. The zero-order valence-electron chi connectivity index (χ0n) is 13.6. The van der Waals surface area contributed by atoms with Gasteiger partial charge in [-0.05, 0) is 24.3 Å². The second kappa shape index (κ2) is 9.26. The highest BCUT2D eigenvalue weighted by Crippen LogP contribution is 2.24. The number of alkyl halides is 3. The second-order valence-electron chi connectivity index (χ2n) is 5.70. The molecule has 25 heavy (non-hydrogen) atoms. The summed E-state index contributed by atoms with van der Waals surface area (Å²) in [7, 11) is 0. The number of nitrogens with zero attached hydrogens (tertiary/aromatic N) is 1. The first-order valence-corrected chi connectivity index (χ1v) is 8.40. The third kappa shape index (κ3) is 6.72. The summed E-state index contributed by atoms with van der Waals surface area (Å²) in [6.45, 7) is 1.26. The third-order valence-electron chi connectivity index (χ3n) is 3.87. The van der Waals surface area contributed by atoms with Crippen LogP contribution in [0.5, 0.6) is 5.75 Å². The summed E-state index contributed by atoms with van der Waals surface area (Å²) in [6.07, 6.45) is -4.40. The molecule has 2 N–H and O–H groups in total. The molecule has 0 bridgehead atoms. The lowest BCUT2D eigenvalue weighted by Crippen LogP contribution is -2.57. The van der Waals surface area contributed by atoms with Crippen LogP contribution in [-0.4, -0.2) is 62.4 Å². The molecule has 0 radical (unpaired) electrons. The van der Waals surface area contributed by atoms with Crippen molar-refractivity contribution in [2.75, 3.05) is 39.3 Å². The van der Waals surface area contributed by atoms with Crippen LogP contribution < -0.4 is 15.4 Å². The van der Waals surface area contributed by atoms with Crippen molar-refractivity contribution in [3.63, 3.8) is 0 Å². The molecule has 0 spiro atoms. The Morgan fingerprint density at radius 3 is 2.52 bits per heavy atom. The van der Waals surface area contributed by atoms with Gasteiger partial charge in [0.2, 0.25) is 5.91 Å². The van der Waals surface area contributed by atoms with Gasteiger partial charge in [-0.2, -0.15) is 13.2 Å². The number of benzene rings is 1. The number of piperazine rings is 1. The summed E-state index contributed by atoms with van der Waals surface area (Å²) in [5.41, 5.74) is 0. The van der Waals surface area contributed by atoms with E-state index in [0.29, 0.717) is 37.0 Å². The minimum atomic E-state index is -4.38. The molecule has 1 heterocycles. The van der Waals surface area contributed by atoms with E-state index in [1.807, 2.05) is 0 Å². The van der Waals surface area contributed by atoms with Crippen molar-refractivity contribution in [2.24, 2.45) is 0 Å². The average Bonchev–Trinajstić information content (AvgIpc) is 2.56. The van der Waals surface area contributed by atoms with E-state index in [4.69, 9.17) is 16.3 Å². The molecule has 0 saturated carbocycles. The van der Waals surface area contributed by atoms with Crippen LogP contribution in [-0.2, 0) is 4.79 Å². The SMILES string of the molecule is O=C(CCOc1ccc(Cl)cc1)NCC(N1CCNCC1)C(F)(F)F. The van der Waals surface area contributed by atoms with Gasteiger partial charge in [0.1, 0.15) is 11.8 Å². The highest BCUT2D eigenvalue weighted by atomic mass is 35.5. The summed E-state index contributed by atoms with van der Waals surface area (Å²) in [4.78, 5) is 13.1. The standard InChI is InChI=1S/C16H21ClF3N3O2/c17-12-1-3-13(4-2-12)25-10-5-15(24)22-11-14(16(18,19)20)23-8-6-21-7-9-23/h1-4,14,21H,5-11H2,(H,22,24). The quantitative estimate of drug-likeness (QED) is 0.761. The molecule has 0 aliphatic carbocycles. The van der Waals surface area contributed by atoms with Gasteiger partial charge in [0.05, 0.1) is 13.0 Å². The fourth-order valence-electron chi connectivity index (χ4n) is 2.54. The summed E-state index contributed by atoms with van der Waals surface area (Å²) in [6, 6.07) is 4.95. The summed E-state index contributed by atoms with van der Waals surface area (Å²) in [5.74, 6) is 0.0736. The van der Waals surface area contributed by atoms with E-state index >= 15 is 0 Å².